The molecule has 2 rings (SSSR count). The number of likely N-dealkylation sites (tertiary alicyclic amines) is 1. The first-order valence-electron chi connectivity index (χ1n) is 8.42. The molecular weight excluding hydrogens is 274 g/mol. The highest BCUT2D eigenvalue weighted by Crippen LogP contribution is 2.13. The number of nitrogens with one attached hydrogen (secondary N) is 2. The predicted molar refractivity (Wildman–Crippen MR) is 92.2 cm³/mol. The van der Waals surface area contributed by atoms with Crippen molar-refractivity contribution >= 4 is 5.96 Å². The van der Waals surface area contributed by atoms with Gasteiger partial charge in [0.25, 0.3) is 0 Å². The van der Waals surface area contributed by atoms with Crippen LogP contribution in [0.15, 0.2) is 29.4 Å². The van der Waals surface area contributed by atoms with Gasteiger partial charge in [0.1, 0.15) is 0 Å². The zero-order valence-corrected chi connectivity index (χ0v) is 13.9. The molecule has 0 spiro atoms. The van der Waals surface area contributed by atoms with E-state index in [9.17, 15) is 0 Å². The zero-order valence-electron chi connectivity index (χ0n) is 13.9. The van der Waals surface area contributed by atoms with Gasteiger partial charge >= 0.3 is 0 Å². The maximum Gasteiger partial charge on any atom is 0.191 e. The summed E-state index contributed by atoms with van der Waals surface area (Å²) in [4.78, 5) is 11.2. The fraction of sp³-hybridized carbons (Fsp3) is 0.647. The lowest BCUT2D eigenvalue weighted by molar-refractivity contribution is 0.236. The molecule has 0 saturated carbocycles. The average molecular weight is 303 g/mol. The Bertz CT molecular complexity index is 440. The van der Waals surface area contributed by atoms with E-state index in [2.05, 4.69) is 38.5 Å². The van der Waals surface area contributed by atoms with Crippen LogP contribution in [-0.4, -0.2) is 55.1 Å². The Hall–Kier alpha value is -1.62. The van der Waals surface area contributed by atoms with Gasteiger partial charge in [-0.1, -0.05) is 13.0 Å². The molecule has 1 aromatic heterocycles. The van der Waals surface area contributed by atoms with Crippen molar-refractivity contribution in [3.63, 3.8) is 0 Å². The van der Waals surface area contributed by atoms with Gasteiger partial charge in [-0.15, -0.1) is 0 Å². The number of rotatable bonds is 7. The number of hydrogen-bond acceptors (Lipinski definition) is 3. The molecule has 22 heavy (non-hydrogen) atoms. The number of nitrogens with zero attached hydrogens (tertiary/aromatic N) is 3. The second-order valence-electron chi connectivity index (χ2n) is 5.76. The van der Waals surface area contributed by atoms with E-state index in [-0.39, 0.29) is 0 Å². The third-order valence-corrected chi connectivity index (χ3v) is 4.26. The van der Waals surface area contributed by atoms with E-state index in [1.165, 1.54) is 32.4 Å². The van der Waals surface area contributed by atoms with Crippen LogP contribution in [0.25, 0.3) is 0 Å². The molecule has 1 aliphatic heterocycles. The number of hydrogen-bond donors (Lipinski definition) is 2. The molecule has 5 nitrogen and oxygen atoms in total. The summed E-state index contributed by atoms with van der Waals surface area (Å²) in [7, 11) is 1.83. The van der Waals surface area contributed by atoms with Gasteiger partial charge in [-0.05, 0) is 44.5 Å². The second kappa shape index (κ2) is 9.41. The molecule has 0 radical (unpaired) electrons. The van der Waals surface area contributed by atoms with Gasteiger partial charge in [-0.25, -0.2) is 0 Å². The maximum atomic E-state index is 4.33. The first-order chi connectivity index (χ1) is 10.8. The van der Waals surface area contributed by atoms with E-state index in [1.807, 2.05) is 25.4 Å². The van der Waals surface area contributed by atoms with Crippen molar-refractivity contribution < 1.29 is 0 Å². The van der Waals surface area contributed by atoms with Gasteiger partial charge in [0.15, 0.2) is 5.96 Å². The Morgan fingerprint density at radius 1 is 1.32 bits per heavy atom. The summed E-state index contributed by atoms with van der Waals surface area (Å²) < 4.78 is 0. The molecule has 1 aliphatic rings. The molecule has 2 N–H and O–H groups in total. The lowest BCUT2D eigenvalue weighted by Gasteiger charge is -2.27. The topological polar surface area (TPSA) is 52.6 Å². The molecule has 0 bridgehead atoms. The summed E-state index contributed by atoms with van der Waals surface area (Å²) >= 11 is 0. The lowest BCUT2D eigenvalue weighted by atomic mass is 10.2. The molecule has 2 heterocycles. The highest BCUT2D eigenvalue weighted by atomic mass is 15.2. The maximum absolute atomic E-state index is 4.33. The molecule has 0 aromatic carbocycles. The molecule has 5 heteroatoms. The van der Waals surface area contributed by atoms with Crippen LogP contribution in [0.2, 0.25) is 0 Å². The molecule has 0 amide bonds. The minimum atomic E-state index is 0.608. The summed E-state index contributed by atoms with van der Waals surface area (Å²) in [6.07, 6.45) is 6.61. The number of aromatic nitrogens is 1. The van der Waals surface area contributed by atoms with Gasteiger partial charge < -0.3 is 10.6 Å². The molecule has 1 saturated heterocycles. The number of aliphatic imine (C=N–C) groups is 1. The van der Waals surface area contributed by atoms with Crippen molar-refractivity contribution in [2.75, 3.05) is 33.2 Å². The van der Waals surface area contributed by atoms with Crippen molar-refractivity contribution in [1.29, 1.82) is 0 Å². The largest absolute Gasteiger partial charge is 0.356 e. The number of guanidine groups is 1. The minimum Gasteiger partial charge on any atom is -0.356 e. The molecular formula is C17H29N5. The van der Waals surface area contributed by atoms with Crippen molar-refractivity contribution in [3.8, 4) is 0 Å². The third kappa shape index (κ3) is 5.30. The van der Waals surface area contributed by atoms with Gasteiger partial charge in [0.05, 0.1) is 0 Å². The van der Waals surface area contributed by atoms with Crippen LogP contribution in [0, 0.1) is 0 Å². The highest BCUT2D eigenvalue weighted by molar-refractivity contribution is 5.79. The van der Waals surface area contributed by atoms with Crippen LogP contribution in [0.3, 0.4) is 0 Å². The first kappa shape index (κ1) is 16.7. The van der Waals surface area contributed by atoms with Crippen LogP contribution in [0.4, 0.5) is 0 Å². The third-order valence-electron chi connectivity index (χ3n) is 4.26. The summed E-state index contributed by atoms with van der Waals surface area (Å²) in [6, 6.07) is 6.63. The van der Waals surface area contributed by atoms with E-state index < -0.39 is 0 Å². The van der Waals surface area contributed by atoms with Gasteiger partial charge in [-0.3, -0.25) is 14.9 Å². The Balaban J connectivity index is 1.70. The van der Waals surface area contributed by atoms with Crippen LogP contribution in [0.5, 0.6) is 0 Å². The zero-order chi connectivity index (χ0) is 15.6. The number of pyridine rings is 1. The Kier molecular flexibility index (Phi) is 7.16. The Morgan fingerprint density at radius 3 is 2.77 bits per heavy atom. The van der Waals surface area contributed by atoms with Crippen molar-refractivity contribution in [2.24, 2.45) is 4.99 Å². The molecule has 1 fully saturated rings. The molecule has 122 valence electrons. The van der Waals surface area contributed by atoms with E-state index >= 15 is 0 Å². The van der Waals surface area contributed by atoms with E-state index in [0.29, 0.717) is 6.04 Å². The second-order valence-corrected chi connectivity index (χ2v) is 5.76. The summed E-state index contributed by atoms with van der Waals surface area (Å²) in [5.74, 6) is 0.883. The molecule has 1 aromatic rings. The normalized spacial score (nSPS) is 17.5. The van der Waals surface area contributed by atoms with Crippen LogP contribution < -0.4 is 10.6 Å². The van der Waals surface area contributed by atoms with Gasteiger partial charge in [-0.2, -0.15) is 0 Å². The summed E-state index contributed by atoms with van der Waals surface area (Å²) in [6.45, 7) is 6.55. The first-order valence-corrected chi connectivity index (χ1v) is 8.42. The van der Waals surface area contributed by atoms with Crippen LogP contribution >= 0.6 is 0 Å². The van der Waals surface area contributed by atoms with Crippen molar-refractivity contribution in [2.45, 2.75) is 38.6 Å². The lowest BCUT2D eigenvalue weighted by Crippen LogP contribution is -2.46. The Labute approximate surface area is 134 Å². The van der Waals surface area contributed by atoms with E-state index in [0.717, 1.165) is 31.2 Å². The van der Waals surface area contributed by atoms with E-state index in [1.54, 1.807) is 0 Å². The van der Waals surface area contributed by atoms with Crippen LogP contribution in [-0.2, 0) is 6.42 Å². The summed E-state index contributed by atoms with van der Waals surface area (Å²) in [5, 5.41) is 6.83. The average Bonchev–Trinajstić information content (AvgIpc) is 3.09. The SMILES string of the molecule is CCC(CNC(=NC)NCCc1ccccn1)N1CCCC1. The fourth-order valence-electron chi connectivity index (χ4n) is 2.93. The predicted octanol–water partition coefficient (Wildman–Crippen LogP) is 1.66. The standard InChI is InChI=1S/C17H29N5/c1-3-16(22-12-6-7-13-22)14-21-17(18-2)20-11-9-15-8-4-5-10-19-15/h4-5,8,10,16H,3,6-7,9,11-14H2,1-2H3,(H2,18,20,21). The van der Waals surface area contributed by atoms with Gasteiger partial charge in [0, 0.05) is 44.5 Å². The monoisotopic (exact) mass is 303 g/mol. The molecule has 1 unspecified atom stereocenters. The summed E-state index contributed by atoms with van der Waals surface area (Å²) in [5.41, 5.74) is 1.11. The minimum absolute atomic E-state index is 0.608. The quantitative estimate of drug-likeness (QED) is 0.594. The molecule has 1 atom stereocenters. The smallest absolute Gasteiger partial charge is 0.191 e. The highest BCUT2D eigenvalue weighted by Gasteiger charge is 2.20. The van der Waals surface area contributed by atoms with Crippen molar-refractivity contribution in [3.05, 3.63) is 30.1 Å². The van der Waals surface area contributed by atoms with Crippen molar-refractivity contribution in [1.82, 2.24) is 20.5 Å². The van der Waals surface area contributed by atoms with Crippen LogP contribution in [0.1, 0.15) is 31.9 Å². The van der Waals surface area contributed by atoms with E-state index in [4.69, 9.17) is 0 Å². The molecule has 0 aliphatic carbocycles. The fourth-order valence-corrected chi connectivity index (χ4v) is 2.93. The Morgan fingerprint density at radius 2 is 2.14 bits per heavy atom. The van der Waals surface area contributed by atoms with Gasteiger partial charge in [0.2, 0.25) is 0 Å².